The summed E-state index contributed by atoms with van der Waals surface area (Å²) in [6.45, 7) is -1.27. The number of nitro groups is 1. The highest BCUT2D eigenvalue weighted by Crippen LogP contribution is 2.50. The van der Waals surface area contributed by atoms with Crippen LogP contribution in [-0.4, -0.2) is 59.0 Å². The maximum atomic E-state index is 12.6. The van der Waals surface area contributed by atoms with Crippen LogP contribution >= 0.6 is 7.82 Å². The van der Waals surface area contributed by atoms with Gasteiger partial charge in [0.2, 0.25) is 0 Å². The van der Waals surface area contributed by atoms with Crippen LogP contribution in [0.5, 0.6) is 0 Å². The number of hydrogen-bond donors (Lipinski definition) is 0. The van der Waals surface area contributed by atoms with Crippen LogP contribution in [0.3, 0.4) is 0 Å². The summed E-state index contributed by atoms with van der Waals surface area (Å²) in [6, 6.07) is 5.18. The van der Waals surface area contributed by atoms with Gasteiger partial charge in [0.15, 0.2) is 0 Å². The predicted octanol–water partition coefficient (Wildman–Crippen LogP) is 1.34. The highest BCUT2D eigenvalue weighted by molar-refractivity contribution is 7.90. The summed E-state index contributed by atoms with van der Waals surface area (Å²) < 4.78 is 72.1. The van der Waals surface area contributed by atoms with Crippen molar-refractivity contribution in [3.8, 4) is 0 Å². The molecule has 0 saturated heterocycles. The third kappa shape index (κ3) is 10.5. The number of phosphoric acid groups is 1. The van der Waals surface area contributed by atoms with E-state index in [0.717, 1.165) is 12.5 Å². The first-order chi connectivity index (χ1) is 12.3. The number of benzene rings is 1. The van der Waals surface area contributed by atoms with Crippen molar-refractivity contribution < 1.29 is 39.9 Å². The second kappa shape index (κ2) is 9.71. The van der Waals surface area contributed by atoms with Gasteiger partial charge in [-0.15, -0.1) is 0 Å². The first-order valence-electron chi connectivity index (χ1n) is 7.42. The summed E-state index contributed by atoms with van der Waals surface area (Å²) >= 11 is 0. The van der Waals surface area contributed by atoms with Crippen LogP contribution in [0.15, 0.2) is 24.3 Å². The molecule has 154 valence electrons. The van der Waals surface area contributed by atoms with Crippen molar-refractivity contribution in [2.75, 3.05) is 37.2 Å². The van der Waals surface area contributed by atoms with Gasteiger partial charge in [0.25, 0.3) is 5.69 Å². The number of nitro benzene ring substituents is 1. The Balaban J connectivity index is 2.76. The molecule has 0 radical (unpaired) electrons. The Bertz CT molecular complexity index is 854. The second-order valence-corrected chi connectivity index (χ2v) is 11.8. The summed E-state index contributed by atoms with van der Waals surface area (Å²) in [7, 11) is -11.0. The molecule has 0 unspecified atom stereocenters. The van der Waals surface area contributed by atoms with Crippen molar-refractivity contribution in [3.63, 3.8) is 0 Å². The van der Waals surface area contributed by atoms with Crippen LogP contribution in [0.1, 0.15) is 5.56 Å². The van der Waals surface area contributed by atoms with E-state index in [0.29, 0.717) is 5.56 Å². The molecule has 0 aliphatic rings. The Kier molecular flexibility index (Phi) is 8.51. The fourth-order valence-electron chi connectivity index (χ4n) is 1.58. The van der Waals surface area contributed by atoms with E-state index in [-0.39, 0.29) is 12.3 Å². The molecule has 11 nitrogen and oxygen atoms in total. The van der Waals surface area contributed by atoms with Crippen LogP contribution in [0.2, 0.25) is 0 Å². The van der Waals surface area contributed by atoms with E-state index in [9.17, 15) is 31.5 Å². The van der Waals surface area contributed by atoms with E-state index in [1.807, 2.05) is 0 Å². The summed E-state index contributed by atoms with van der Waals surface area (Å²) in [5.74, 6) is -0.874. The zero-order valence-electron chi connectivity index (χ0n) is 14.6. The van der Waals surface area contributed by atoms with E-state index in [1.165, 1.54) is 24.3 Å². The molecule has 0 heterocycles. The smallest absolute Gasteiger partial charge is 0.286 e. The summed E-state index contributed by atoms with van der Waals surface area (Å²) in [4.78, 5) is 10.0. The molecule has 0 spiro atoms. The first kappa shape index (κ1) is 23.7. The van der Waals surface area contributed by atoms with Crippen molar-refractivity contribution in [1.82, 2.24) is 0 Å². The molecule has 0 fully saturated rings. The summed E-state index contributed by atoms with van der Waals surface area (Å²) in [5.41, 5.74) is 0.273. The molecule has 0 amide bonds. The molecule has 1 aromatic carbocycles. The minimum Gasteiger partial charge on any atom is -0.286 e. The lowest BCUT2D eigenvalue weighted by atomic mass is 10.2. The van der Waals surface area contributed by atoms with Gasteiger partial charge in [0, 0.05) is 24.6 Å². The maximum Gasteiger partial charge on any atom is 0.475 e. The number of rotatable bonds is 12. The van der Waals surface area contributed by atoms with Crippen LogP contribution in [0, 0.1) is 10.1 Å². The minimum absolute atomic E-state index is 0.143. The SMILES string of the molecule is CS(=O)(=O)CCOP(=O)(OCCS(C)(=O)=O)OCc1ccc([N+](=O)[O-])cc1. The molecule has 0 aliphatic carbocycles. The van der Waals surface area contributed by atoms with E-state index in [4.69, 9.17) is 13.6 Å². The molecule has 0 bridgehead atoms. The third-order valence-corrected chi connectivity index (χ3v) is 6.20. The number of nitrogens with zero attached hydrogens (tertiary/aromatic N) is 1. The fraction of sp³-hybridized carbons (Fsp3) is 0.538. The highest BCUT2D eigenvalue weighted by Gasteiger charge is 2.28. The Morgan fingerprint density at radius 1 is 0.926 bits per heavy atom. The van der Waals surface area contributed by atoms with Gasteiger partial charge in [-0.1, -0.05) is 0 Å². The topological polar surface area (TPSA) is 156 Å². The molecule has 0 atom stereocenters. The van der Waals surface area contributed by atoms with Crippen LogP contribution < -0.4 is 0 Å². The average Bonchev–Trinajstić information content (AvgIpc) is 2.51. The van der Waals surface area contributed by atoms with Crippen LogP contribution in [0.4, 0.5) is 5.69 Å². The zero-order valence-corrected chi connectivity index (χ0v) is 17.2. The Morgan fingerprint density at radius 3 is 1.74 bits per heavy atom. The van der Waals surface area contributed by atoms with Crippen molar-refractivity contribution in [1.29, 1.82) is 0 Å². The number of hydrogen-bond acceptors (Lipinski definition) is 10. The van der Waals surface area contributed by atoms with Gasteiger partial charge in [0.1, 0.15) is 19.7 Å². The molecule has 14 heteroatoms. The first-order valence-corrected chi connectivity index (χ1v) is 13.0. The molecule has 1 aromatic rings. The maximum absolute atomic E-state index is 12.6. The Morgan fingerprint density at radius 2 is 1.37 bits per heavy atom. The van der Waals surface area contributed by atoms with Crippen molar-refractivity contribution in [2.45, 2.75) is 6.61 Å². The molecule has 1 rings (SSSR count). The summed E-state index contributed by atoms with van der Waals surface area (Å²) in [5, 5.41) is 10.6. The van der Waals surface area contributed by atoms with Gasteiger partial charge in [0.05, 0.1) is 36.2 Å². The van der Waals surface area contributed by atoms with Crippen molar-refractivity contribution in [3.05, 3.63) is 39.9 Å². The Hall–Kier alpha value is -1.37. The average molecular weight is 445 g/mol. The lowest BCUT2D eigenvalue weighted by Gasteiger charge is -2.17. The van der Waals surface area contributed by atoms with Crippen molar-refractivity contribution >= 4 is 33.2 Å². The zero-order chi connectivity index (χ0) is 20.7. The molecule has 0 N–H and O–H groups in total. The lowest BCUT2D eigenvalue weighted by Crippen LogP contribution is -2.14. The highest BCUT2D eigenvalue weighted by atomic mass is 32.2. The van der Waals surface area contributed by atoms with Crippen molar-refractivity contribution in [2.24, 2.45) is 0 Å². The van der Waals surface area contributed by atoms with Gasteiger partial charge in [-0.2, -0.15) is 0 Å². The summed E-state index contributed by atoms with van der Waals surface area (Å²) in [6.07, 6.45) is 1.92. The largest absolute Gasteiger partial charge is 0.475 e. The van der Waals surface area contributed by atoms with E-state index in [1.54, 1.807) is 0 Å². The molecular formula is C13H20NO10PS2. The number of phosphoric ester groups is 1. The monoisotopic (exact) mass is 445 g/mol. The third-order valence-electron chi connectivity index (χ3n) is 2.94. The number of non-ortho nitro benzene ring substituents is 1. The lowest BCUT2D eigenvalue weighted by molar-refractivity contribution is -0.384. The quantitative estimate of drug-likeness (QED) is 0.261. The molecule has 0 saturated carbocycles. The number of sulfone groups is 2. The molecular weight excluding hydrogens is 425 g/mol. The van der Waals surface area contributed by atoms with E-state index < -0.39 is 57.1 Å². The van der Waals surface area contributed by atoms with Gasteiger partial charge >= 0.3 is 7.82 Å². The van der Waals surface area contributed by atoms with E-state index >= 15 is 0 Å². The normalized spacial score (nSPS) is 12.8. The molecule has 27 heavy (non-hydrogen) atoms. The van der Waals surface area contributed by atoms with Gasteiger partial charge < -0.3 is 0 Å². The molecule has 0 aliphatic heterocycles. The minimum atomic E-state index is -4.25. The van der Waals surface area contributed by atoms with Crippen LogP contribution in [-0.2, 0) is 44.4 Å². The standard InChI is InChI=1S/C13H20NO10PS2/c1-26(18,19)9-7-22-25(17,23-8-10-27(2,20)21)24-11-12-3-5-13(6-4-12)14(15)16/h3-6H,7-11H2,1-2H3. The predicted molar refractivity (Wildman–Crippen MR) is 96.8 cm³/mol. The molecule has 0 aromatic heterocycles. The van der Waals surface area contributed by atoms with Gasteiger partial charge in [-0.3, -0.25) is 23.7 Å². The van der Waals surface area contributed by atoms with Gasteiger partial charge in [-0.05, 0) is 17.7 Å². The van der Waals surface area contributed by atoms with Gasteiger partial charge in [-0.25, -0.2) is 21.4 Å². The van der Waals surface area contributed by atoms with E-state index in [2.05, 4.69) is 0 Å². The second-order valence-electron chi connectivity index (χ2n) is 5.57. The van der Waals surface area contributed by atoms with Crippen LogP contribution in [0.25, 0.3) is 0 Å². The fourth-order valence-corrected chi connectivity index (χ4v) is 3.76. The Labute approximate surface area is 157 Å².